The molecule has 0 aliphatic carbocycles. The molecule has 3 amide bonds. The van der Waals surface area contributed by atoms with Gasteiger partial charge in [-0.2, -0.15) is 0 Å². The van der Waals surface area contributed by atoms with Gasteiger partial charge in [0.05, 0.1) is 16.6 Å². The molecule has 3 N–H and O–H groups in total. The third kappa shape index (κ3) is 4.71. The number of amides is 3. The molecular formula is C26H37N3O4S. The summed E-state index contributed by atoms with van der Waals surface area (Å²) in [6.45, 7) is 3.39. The lowest BCUT2D eigenvalue weighted by Crippen LogP contribution is -2.53. The molecule has 4 rings (SSSR count). The van der Waals surface area contributed by atoms with E-state index in [0.717, 1.165) is 57.1 Å². The van der Waals surface area contributed by atoms with Gasteiger partial charge in [-0.1, -0.05) is 44.4 Å². The number of carbonyl (C=O) groups excluding carboxylic acids is 3. The average Bonchev–Trinajstić information content (AvgIpc) is 3.47. The Bertz CT molecular complexity index is 882. The van der Waals surface area contributed by atoms with E-state index >= 15 is 0 Å². The van der Waals surface area contributed by atoms with Crippen LogP contribution in [0.4, 0.5) is 5.69 Å². The van der Waals surface area contributed by atoms with E-state index in [0.29, 0.717) is 13.1 Å². The minimum absolute atomic E-state index is 0.0410. The number of thioether (sulfide) groups is 1. The van der Waals surface area contributed by atoms with Crippen LogP contribution in [0.15, 0.2) is 30.3 Å². The Balaban J connectivity index is 1.55. The van der Waals surface area contributed by atoms with Gasteiger partial charge in [-0.05, 0) is 44.2 Å². The Labute approximate surface area is 206 Å². The Morgan fingerprint density at radius 3 is 2.62 bits per heavy atom. The van der Waals surface area contributed by atoms with Crippen molar-refractivity contribution in [1.82, 2.24) is 10.2 Å². The van der Waals surface area contributed by atoms with Crippen LogP contribution >= 0.6 is 11.8 Å². The molecule has 3 aliphatic heterocycles. The van der Waals surface area contributed by atoms with Gasteiger partial charge >= 0.3 is 0 Å². The highest BCUT2D eigenvalue weighted by molar-refractivity contribution is 8.02. The molecule has 3 saturated heterocycles. The van der Waals surface area contributed by atoms with Crippen molar-refractivity contribution in [3.8, 4) is 0 Å². The molecule has 0 saturated carbocycles. The van der Waals surface area contributed by atoms with Crippen molar-refractivity contribution in [3.63, 3.8) is 0 Å². The molecule has 2 bridgehead atoms. The summed E-state index contributed by atoms with van der Waals surface area (Å²) in [5.74, 6) is -1.10. The molecule has 8 heteroatoms. The largest absolute Gasteiger partial charge is 0.396 e. The van der Waals surface area contributed by atoms with Crippen molar-refractivity contribution < 1.29 is 19.5 Å². The van der Waals surface area contributed by atoms with Gasteiger partial charge in [0, 0.05) is 30.6 Å². The maximum Gasteiger partial charge on any atom is 0.244 e. The van der Waals surface area contributed by atoms with Gasteiger partial charge in [0.1, 0.15) is 6.04 Å². The lowest BCUT2D eigenvalue weighted by atomic mass is 9.70. The number of benzene rings is 1. The Kier molecular flexibility index (Phi) is 8.19. The molecular weight excluding hydrogens is 450 g/mol. The van der Waals surface area contributed by atoms with Crippen molar-refractivity contribution in [1.29, 1.82) is 0 Å². The van der Waals surface area contributed by atoms with Crippen LogP contribution < -0.4 is 10.6 Å². The highest BCUT2D eigenvalue weighted by Gasteiger charge is 2.73. The number of anilines is 1. The van der Waals surface area contributed by atoms with Crippen molar-refractivity contribution in [2.75, 3.05) is 25.0 Å². The van der Waals surface area contributed by atoms with Gasteiger partial charge in [0.25, 0.3) is 0 Å². The summed E-state index contributed by atoms with van der Waals surface area (Å²) in [5.41, 5.74) is 0.731. The number of fused-ring (bicyclic) bond motifs is 1. The number of para-hydroxylation sites is 1. The van der Waals surface area contributed by atoms with E-state index < -0.39 is 22.6 Å². The third-order valence-electron chi connectivity index (χ3n) is 7.53. The van der Waals surface area contributed by atoms with Crippen molar-refractivity contribution in [2.24, 2.45) is 11.8 Å². The summed E-state index contributed by atoms with van der Waals surface area (Å²) in [6, 6.07) is 8.84. The highest BCUT2D eigenvalue weighted by Crippen LogP contribution is 2.66. The van der Waals surface area contributed by atoms with E-state index in [9.17, 15) is 14.4 Å². The van der Waals surface area contributed by atoms with E-state index in [-0.39, 0.29) is 29.6 Å². The summed E-state index contributed by atoms with van der Waals surface area (Å²) in [6.07, 6.45) is 6.89. The number of nitrogens with one attached hydrogen (secondary N) is 2. The van der Waals surface area contributed by atoms with Crippen molar-refractivity contribution >= 4 is 35.2 Å². The molecule has 186 valence electrons. The Hall–Kier alpha value is -2.06. The predicted molar refractivity (Wildman–Crippen MR) is 134 cm³/mol. The number of rotatable bonds is 12. The molecule has 0 aromatic heterocycles. The molecule has 2 unspecified atom stereocenters. The van der Waals surface area contributed by atoms with Crippen molar-refractivity contribution in [2.45, 2.75) is 74.3 Å². The zero-order valence-electron chi connectivity index (χ0n) is 20.0. The molecule has 34 heavy (non-hydrogen) atoms. The number of carbonyl (C=O) groups is 3. The number of likely N-dealkylation sites (tertiary alicyclic amines) is 1. The minimum Gasteiger partial charge on any atom is -0.396 e. The molecule has 1 aromatic rings. The SMILES string of the molecule is CCCCNC(=O)C1N(CCCCCCO)C(=O)[C@@H]2[C@H](C(=O)Nc3ccccc3)[C@@H]3CCC12S3. The van der Waals surface area contributed by atoms with Crippen LogP contribution in [0.2, 0.25) is 0 Å². The second kappa shape index (κ2) is 11.1. The summed E-state index contributed by atoms with van der Waals surface area (Å²) in [7, 11) is 0. The normalized spacial score (nSPS) is 29.4. The molecule has 1 aromatic carbocycles. The van der Waals surface area contributed by atoms with Gasteiger partial charge in [0.15, 0.2) is 0 Å². The van der Waals surface area contributed by atoms with E-state index in [4.69, 9.17) is 5.11 Å². The predicted octanol–water partition coefficient (Wildman–Crippen LogP) is 3.19. The van der Waals surface area contributed by atoms with Gasteiger partial charge in [-0.25, -0.2) is 0 Å². The topological polar surface area (TPSA) is 98.7 Å². The van der Waals surface area contributed by atoms with Crippen LogP contribution in [0, 0.1) is 11.8 Å². The number of hydrogen-bond donors (Lipinski definition) is 3. The number of aliphatic hydroxyl groups is 1. The number of aliphatic hydroxyl groups excluding tert-OH is 1. The molecule has 0 radical (unpaired) electrons. The fourth-order valence-corrected chi connectivity index (χ4v) is 8.19. The zero-order valence-corrected chi connectivity index (χ0v) is 20.8. The molecule has 3 aliphatic rings. The van der Waals surface area contributed by atoms with Crippen LogP contribution in [0.25, 0.3) is 0 Å². The number of unbranched alkanes of at least 4 members (excludes halogenated alkanes) is 4. The van der Waals surface area contributed by atoms with Crippen LogP contribution in [0.1, 0.15) is 58.3 Å². The van der Waals surface area contributed by atoms with Gasteiger partial charge in [0.2, 0.25) is 17.7 Å². The average molecular weight is 488 g/mol. The van der Waals surface area contributed by atoms with E-state index in [1.807, 2.05) is 30.3 Å². The maximum atomic E-state index is 13.8. The second-order valence-electron chi connectivity index (χ2n) is 9.73. The molecule has 3 fully saturated rings. The fraction of sp³-hybridized carbons (Fsp3) is 0.654. The van der Waals surface area contributed by atoms with E-state index in [1.54, 1.807) is 16.7 Å². The molecule has 1 spiro atoms. The highest BCUT2D eigenvalue weighted by atomic mass is 32.2. The molecule has 7 nitrogen and oxygen atoms in total. The third-order valence-corrected chi connectivity index (χ3v) is 9.48. The molecule has 5 atom stereocenters. The van der Waals surface area contributed by atoms with E-state index in [2.05, 4.69) is 17.6 Å². The van der Waals surface area contributed by atoms with Gasteiger partial charge in [-0.15, -0.1) is 11.8 Å². The maximum absolute atomic E-state index is 13.8. The fourth-order valence-electron chi connectivity index (χ4n) is 5.97. The molecule has 3 heterocycles. The monoisotopic (exact) mass is 487 g/mol. The van der Waals surface area contributed by atoms with Crippen LogP contribution in [0.3, 0.4) is 0 Å². The smallest absolute Gasteiger partial charge is 0.244 e. The zero-order chi connectivity index (χ0) is 24.1. The first-order chi connectivity index (χ1) is 16.5. The van der Waals surface area contributed by atoms with E-state index in [1.165, 1.54) is 0 Å². The van der Waals surface area contributed by atoms with Crippen LogP contribution in [-0.4, -0.2) is 63.5 Å². The van der Waals surface area contributed by atoms with Crippen molar-refractivity contribution in [3.05, 3.63) is 30.3 Å². The minimum atomic E-state index is -0.526. The summed E-state index contributed by atoms with van der Waals surface area (Å²) in [5, 5.41) is 15.2. The lowest BCUT2D eigenvalue weighted by molar-refractivity contribution is -0.139. The Morgan fingerprint density at radius 1 is 1.12 bits per heavy atom. The second-order valence-corrected chi connectivity index (χ2v) is 11.3. The number of nitrogens with zero attached hydrogens (tertiary/aromatic N) is 1. The summed E-state index contributed by atoms with van der Waals surface area (Å²) < 4.78 is -0.526. The van der Waals surface area contributed by atoms with Crippen LogP contribution in [-0.2, 0) is 14.4 Å². The first-order valence-corrected chi connectivity index (χ1v) is 13.6. The first-order valence-electron chi connectivity index (χ1n) is 12.8. The van der Waals surface area contributed by atoms with Crippen LogP contribution in [0.5, 0.6) is 0 Å². The standard InChI is InChI=1S/C26H37N3O4S/c1-2-3-15-27-24(32)22-26-14-13-19(34-26)20(23(31)28-18-11-7-6-8-12-18)21(26)25(33)29(22)16-9-4-5-10-17-30/h6-8,11-12,19-22,30H,2-5,9-10,13-17H2,1H3,(H,27,32)(H,28,31)/t19-,20+,21-,22?,26?/m0/s1. The number of hydrogen-bond acceptors (Lipinski definition) is 5. The van der Waals surface area contributed by atoms with Gasteiger partial charge < -0.3 is 20.6 Å². The van der Waals surface area contributed by atoms with Gasteiger partial charge in [-0.3, -0.25) is 14.4 Å². The lowest BCUT2D eigenvalue weighted by Gasteiger charge is -2.34. The Morgan fingerprint density at radius 2 is 1.88 bits per heavy atom. The summed E-state index contributed by atoms with van der Waals surface area (Å²) >= 11 is 1.71. The first kappa shape index (κ1) is 25.0. The summed E-state index contributed by atoms with van der Waals surface area (Å²) in [4.78, 5) is 42.4. The quantitative estimate of drug-likeness (QED) is 0.393.